The van der Waals surface area contributed by atoms with Gasteiger partial charge in [-0.15, -0.1) is 0 Å². The van der Waals surface area contributed by atoms with E-state index in [9.17, 15) is 18.0 Å². The minimum Gasteiger partial charge on any atom is -0.489 e. The van der Waals surface area contributed by atoms with E-state index in [4.69, 9.17) is 9.47 Å². The van der Waals surface area contributed by atoms with Crippen LogP contribution in [-0.4, -0.2) is 12.6 Å². The Labute approximate surface area is 138 Å². The molecule has 2 rings (SSSR count). The largest absolute Gasteiger partial charge is 0.489 e. The first-order chi connectivity index (χ1) is 11.4. The summed E-state index contributed by atoms with van der Waals surface area (Å²) < 4.78 is 49.4. The van der Waals surface area contributed by atoms with E-state index >= 15 is 0 Å². The normalized spacial score (nSPS) is 11.2. The zero-order chi connectivity index (χ0) is 17.6. The molecule has 0 aliphatic rings. The molecule has 0 radical (unpaired) electrons. The number of hydrogen-bond acceptors (Lipinski definition) is 3. The lowest BCUT2D eigenvalue weighted by Gasteiger charge is -2.15. The fourth-order valence-electron chi connectivity index (χ4n) is 2.24. The molecule has 0 unspecified atom stereocenters. The van der Waals surface area contributed by atoms with Crippen LogP contribution in [0.2, 0.25) is 0 Å². The summed E-state index contributed by atoms with van der Waals surface area (Å²) in [5.74, 6) is -0.0493. The van der Waals surface area contributed by atoms with Crippen molar-refractivity contribution in [2.75, 3.05) is 6.61 Å². The molecule has 3 nitrogen and oxygen atoms in total. The molecule has 0 spiro atoms. The van der Waals surface area contributed by atoms with E-state index in [1.807, 2.05) is 0 Å². The Bertz CT molecular complexity index is 696. The third-order valence-electron chi connectivity index (χ3n) is 3.32. The molecule has 0 aromatic heterocycles. The molecule has 128 valence electrons. The predicted molar refractivity (Wildman–Crippen MR) is 82.6 cm³/mol. The second-order valence-electron chi connectivity index (χ2n) is 5.03. The van der Waals surface area contributed by atoms with Crippen molar-refractivity contribution < 1.29 is 27.4 Å². The smallest absolute Gasteiger partial charge is 0.416 e. The van der Waals surface area contributed by atoms with Gasteiger partial charge in [0, 0.05) is 11.1 Å². The van der Waals surface area contributed by atoms with Crippen LogP contribution in [0.4, 0.5) is 13.2 Å². The lowest BCUT2D eigenvalue weighted by Crippen LogP contribution is -2.12. The van der Waals surface area contributed by atoms with Gasteiger partial charge in [-0.05, 0) is 19.1 Å². The maximum atomic E-state index is 13.0. The van der Waals surface area contributed by atoms with Crippen LogP contribution in [-0.2, 0) is 28.7 Å². The van der Waals surface area contributed by atoms with E-state index in [0.717, 1.165) is 6.07 Å². The minimum absolute atomic E-state index is 0.00489. The van der Waals surface area contributed by atoms with Crippen molar-refractivity contribution in [1.82, 2.24) is 0 Å². The summed E-state index contributed by atoms with van der Waals surface area (Å²) in [4.78, 5) is 11.6. The van der Waals surface area contributed by atoms with Crippen molar-refractivity contribution in [3.8, 4) is 5.75 Å². The molecule has 0 aliphatic carbocycles. The number of carbonyl (C=O) groups is 1. The number of hydrogen-bond donors (Lipinski definition) is 0. The Morgan fingerprint density at radius 1 is 1.00 bits per heavy atom. The molecule has 0 amide bonds. The Morgan fingerprint density at radius 2 is 1.62 bits per heavy atom. The summed E-state index contributed by atoms with van der Waals surface area (Å²) in [7, 11) is 0. The van der Waals surface area contributed by atoms with E-state index in [1.165, 1.54) is 18.2 Å². The van der Waals surface area contributed by atoms with Crippen molar-refractivity contribution in [2.45, 2.75) is 26.1 Å². The molecule has 0 atom stereocenters. The summed E-state index contributed by atoms with van der Waals surface area (Å²) >= 11 is 0. The molecule has 0 bridgehead atoms. The van der Waals surface area contributed by atoms with Gasteiger partial charge in [-0.25, -0.2) is 0 Å². The maximum Gasteiger partial charge on any atom is 0.416 e. The fourth-order valence-corrected chi connectivity index (χ4v) is 2.24. The van der Waals surface area contributed by atoms with Crippen LogP contribution < -0.4 is 4.74 Å². The average molecular weight is 338 g/mol. The van der Waals surface area contributed by atoms with Crippen molar-refractivity contribution >= 4 is 5.97 Å². The van der Waals surface area contributed by atoms with Crippen LogP contribution in [0, 0.1) is 0 Å². The van der Waals surface area contributed by atoms with Crippen LogP contribution in [0.1, 0.15) is 23.6 Å². The standard InChI is InChI=1S/C18H17F3O3/c1-2-23-17(22)11-13-7-4-6-10-16(13)24-12-14-8-3-5-9-15(14)18(19,20)21/h3-10H,2,11-12H2,1H3. The summed E-state index contributed by atoms with van der Waals surface area (Å²) in [6, 6.07) is 12.0. The zero-order valence-electron chi connectivity index (χ0n) is 13.1. The molecule has 0 N–H and O–H groups in total. The highest BCUT2D eigenvalue weighted by Crippen LogP contribution is 2.32. The molecule has 0 fully saturated rings. The third-order valence-corrected chi connectivity index (χ3v) is 3.32. The van der Waals surface area contributed by atoms with Gasteiger partial charge >= 0.3 is 12.1 Å². The molecule has 0 saturated heterocycles. The maximum absolute atomic E-state index is 13.0. The van der Waals surface area contributed by atoms with E-state index in [2.05, 4.69) is 0 Å². The van der Waals surface area contributed by atoms with Crippen molar-refractivity contribution in [3.63, 3.8) is 0 Å². The molecule has 0 heterocycles. The van der Waals surface area contributed by atoms with E-state index in [0.29, 0.717) is 11.3 Å². The minimum atomic E-state index is -4.44. The highest BCUT2D eigenvalue weighted by molar-refractivity contribution is 5.73. The highest BCUT2D eigenvalue weighted by Gasteiger charge is 2.33. The molecular formula is C18H17F3O3. The van der Waals surface area contributed by atoms with Crippen LogP contribution in [0.3, 0.4) is 0 Å². The van der Waals surface area contributed by atoms with Gasteiger partial charge in [-0.2, -0.15) is 13.2 Å². The average Bonchev–Trinajstić information content (AvgIpc) is 2.53. The summed E-state index contributed by atoms with van der Waals surface area (Å²) in [6.07, 6.45) is -4.44. The predicted octanol–water partition coefficient (Wildman–Crippen LogP) is 4.39. The van der Waals surface area contributed by atoms with Gasteiger partial charge in [-0.3, -0.25) is 4.79 Å². The van der Waals surface area contributed by atoms with Gasteiger partial charge in [0.15, 0.2) is 0 Å². The first kappa shape index (κ1) is 17.8. The lowest BCUT2D eigenvalue weighted by molar-refractivity contribution is -0.142. The van der Waals surface area contributed by atoms with Gasteiger partial charge in [0.1, 0.15) is 12.4 Å². The molecule has 2 aromatic carbocycles. The van der Waals surface area contributed by atoms with Gasteiger partial charge in [0.25, 0.3) is 0 Å². The Kier molecular flexibility index (Phi) is 5.84. The first-order valence-electron chi connectivity index (χ1n) is 7.43. The summed E-state index contributed by atoms with van der Waals surface area (Å²) in [5.41, 5.74) is -0.121. The van der Waals surface area contributed by atoms with Crippen LogP contribution >= 0.6 is 0 Å². The number of para-hydroxylation sites is 1. The van der Waals surface area contributed by atoms with Crippen molar-refractivity contribution in [3.05, 3.63) is 65.2 Å². The Morgan fingerprint density at radius 3 is 2.29 bits per heavy atom. The molecule has 6 heteroatoms. The van der Waals surface area contributed by atoms with Crippen molar-refractivity contribution in [1.29, 1.82) is 0 Å². The second kappa shape index (κ2) is 7.86. The third kappa shape index (κ3) is 4.75. The van der Waals surface area contributed by atoms with Gasteiger partial charge in [-0.1, -0.05) is 36.4 Å². The van der Waals surface area contributed by atoms with Crippen LogP contribution in [0.15, 0.2) is 48.5 Å². The zero-order valence-corrected chi connectivity index (χ0v) is 13.1. The molecule has 2 aromatic rings. The van der Waals surface area contributed by atoms with Crippen LogP contribution in [0.25, 0.3) is 0 Å². The monoisotopic (exact) mass is 338 g/mol. The SMILES string of the molecule is CCOC(=O)Cc1ccccc1OCc1ccccc1C(F)(F)F. The highest BCUT2D eigenvalue weighted by atomic mass is 19.4. The molecule has 24 heavy (non-hydrogen) atoms. The Balaban J connectivity index is 2.15. The Hall–Kier alpha value is -2.50. The van der Waals surface area contributed by atoms with Gasteiger partial charge in [0.2, 0.25) is 0 Å². The molecule has 0 saturated carbocycles. The topological polar surface area (TPSA) is 35.5 Å². The number of ether oxygens (including phenoxy) is 2. The van der Waals surface area contributed by atoms with Crippen LogP contribution in [0.5, 0.6) is 5.75 Å². The lowest BCUT2D eigenvalue weighted by atomic mass is 10.1. The quantitative estimate of drug-likeness (QED) is 0.733. The second-order valence-corrected chi connectivity index (χ2v) is 5.03. The first-order valence-corrected chi connectivity index (χ1v) is 7.43. The number of benzene rings is 2. The van der Waals surface area contributed by atoms with Gasteiger partial charge < -0.3 is 9.47 Å². The number of halogens is 3. The van der Waals surface area contributed by atoms with E-state index in [1.54, 1.807) is 31.2 Å². The molecular weight excluding hydrogens is 321 g/mol. The number of rotatable bonds is 6. The summed E-state index contributed by atoms with van der Waals surface area (Å²) in [6.45, 7) is 1.73. The van der Waals surface area contributed by atoms with Crippen molar-refractivity contribution in [2.24, 2.45) is 0 Å². The van der Waals surface area contributed by atoms with Gasteiger partial charge in [0.05, 0.1) is 18.6 Å². The fraction of sp³-hybridized carbons (Fsp3) is 0.278. The summed E-state index contributed by atoms with van der Waals surface area (Å²) in [5, 5.41) is 0. The molecule has 0 aliphatic heterocycles. The van der Waals surface area contributed by atoms with E-state index in [-0.39, 0.29) is 25.2 Å². The number of esters is 1. The number of alkyl halides is 3. The number of carbonyl (C=O) groups excluding carboxylic acids is 1. The van der Waals surface area contributed by atoms with E-state index < -0.39 is 17.7 Å².